The monoisotopic (exact) mass is 395 g/mol. The van der Waals surface area contributed by atoms with Crippen molar-refractivity contribution in [1.29, 1.82) is 5.26 Å². The maximum absolute atomic E-state index is 14.7. The van der Waals surface area contributed by atoms with Crippen molar-refractivity contribution >= 4 is 22.8 Å². The second-order valence-electron chi connectivity index (χ2n) is 6.22. The minimum absolute atomic E-state index is 0.0295. The first kappa shape index (κ1) is 18.2. The van der Waals surface area contributed by atoms with Crippen molar-refractivity contribution in [2.75, 3.05) is 11.5 Å². The normalized spacial score (nSPS) is 11.0. The summed E-state index contributed by atoms with van der Waals surface area (Å²) in [4.78, 5) is 12.1. The third-order valence-electron chi connectivity index (χ3n) is 4.35. The van der Waals surface area contributed by atoms with E-state index >= 15 is 0 Å². The molecule has 0 amide bonds. The van der Waals surface area contributed by atoms with Crippen LogP contribution in [0, 0.1) is 28.8 Å². The fourth-order valence-corrected chi connectivity index (χ4v) is 2.98. The first-order valence-electron chi connectivity index (χ1n) is 8.29. The average Bonchev–Trinajstić information content (AvgIpc) is 3.07. The van der Waals surface area contributed by atoms with E-state index in [9.17, 15) is 13.2 Å². The number of nitrogens with two attached hydrogens (primary N) is 2. The zero-order valence-corrected chi connectivity index (χ0v) is 14.7. The summed E-state index contributed by atoms with van der Waals surface area (Å²) in [5.41, 5.74) is 11.0. The van der Waals surface area contributed by atoms with Crippen molar-refractivity contribution in [3.8, 4) is 17.3 Å². The predicted molar refractivity (Wildman–Crippen MR) is 99.7 cm³/mol. The van der Waals surface area contributed by atoms with E-state index in [1.165, 1.54) is 23.0 Å². The Morgan fingerprint density at radius 2 is 1.83 bits per heavy atom. The van der Waals surface area contributed by atoms with E-state index in [-0.39, 0.29) is 40.6 Å². The van der Waals surface area contributed by atoms with Crippen LogP contribution in [0.15, 0.2) is 36.7 Å². The molecule has 0 spiro atoms. The lowest BCUT2D eigenvalue weighted by atomic mass is 10.1. The SMILES string of the molecule is N#Cc1ccc(F)c(-c2nc(N)nc3c2ncn3Cc2ccc(N)cc2F)c1F. The van der Waals surface area contributed by atoms with E-state index in [0.717, 1.165) is 12.1 Å². The number of imidazole rings is 1. The molecule has 0 bridgehead atoms. The summed E-state index contributed by atoms with van der Waals surface area (Å²) >= 11 is 0. The van der Waals surface area contributed by atoms with Crippen LogP contribution in [0.25, 0.3) is 22.4 Å². The fourth-order valence-electron chi connectivity index (χ4n) is 2.98. The van der Waals surface area contributed by atoms with Crippen LogP contribution >= 0.6 is 0 Å². The Morgan fingerprint density at radius 1 is 1.03 bits per heavy atom. The molecule has 0 aliphatic carbocycles. The first-order valence-corrected chi connectivity index (χ1v) is 8.29. The summed E-state index contributed by atoms with van der Waals surface area (Å²) in [6, 6.07) is 7.88. The number of anilines is 2. The van der Waals surface area contributed by atoms with Gasteiger partial charge in [-0.3, -0.25) is 0 Å². The molecule has 4 aromatic rings. The number of nitriles is 1. The van der Waals surface area contributed by atoms with Gasteiger partial charge >= 0.3 is 0 Å². The lowest BCUT2D eigenvalue weighted by Crippen LogP contribution is -2.06. The van der Waals surface area contributed by atoms with Gasteiger partial charge in [0.15, 0.2) is 11.5 Å². The highest BCUT2D eigenvalue weighted by atomic mass is 19.1. The molecule has 0 atom stereocenters. The lowest BCUT2D eigenvalue weighted by Gasteiger charge is -2.09. The molecular weight excluding hydrogens is 383 g/mol. The van der Waals surface area contributed by atoms with Crippen LogP contribution in [0.4, 0.5) is 24.8 Å². The van der Waals surface area contributed by atoms with Gasteiger partial charge in [0.25, 0.3) is 0 Å². The van der Waals surface area contributed by atoms with Gasteiger partial charge in [0.1, 0.15) is 28.9 Å². The number of hydrogen-bond acceptors (Lipinski definition) is 6. The maximum Gasteiger partial charge on any atom is 0.222 e. The van der Waals surface area contributed by atoms with Gasteiger partial charge in [0.05, 0.1) is 24.0 Å². The van der Waals surface area contributed by atoms with E-state index in [1.807, 2.05) is 0 Å². The van der Waals surface area contributed by atoms with Crippen molar-refractivity contribution in [2.24, 2.45) is 0 Å². The van der Waals surface area contributed by atoms with Gasteiger partial charge in [-0.05, 0) is 24.3 Å². The molecule has 4 rings (SSSR count). The fraction of sp³-hybridized carbons (Fsp3) is 0.0526. The van der Waals surface area contributed by atoms with Crippen LogP contribution in [0.2, 0.25) is 0 Å². The van der Waals surface area contributed by atoms with E-state index in [0.29, 0.717) is 5.56 Å². The van der Waals surface area contributed by atoms with Crippen molar-refractivity contribution in [2.45, 2.75) is 6.54 Å². The van der Waals surface area contributed by atoms with Gasteiger partial charge < -0.3 is 16.0 Å². The highest BCUT2D eigenvalue weighted by molar-refractivity contribution is 5.89. The van der Waals surface area contributed by atoms with Crippen LogP contribution in [0.5, 0.6) is 0 Å². The van der Waals surface area contributed by atoms with Crippen LogP contribution in [-0.2, 0) is 6.54 Å². The molecule has 2 aromatic heterocycles. The molecule has 0 aliphatic rings. The minimum atomic E-state index is -1.08. The molecule has 0 fully saturated rings. The summed E-state index contributed by atoms with van der Waals surface area (Å²) in [7, 11) is 0. The Labute approximate surface area is 162 Å². The van der Waals surface area contributed by atoms with Crippen LogP contribution in [0.1, 0.15) is 11.1 Å². The Kier molecular flexibility index (Phi) is 4.27. The molecule has 2 heterocycles. The predicted octanol–water partition coefficient (Wildman–Crippen LogP) is 2.99. The molecular formula is C19H12F3N7. The highest BCUT2D eigenvalue weighted by Gasteiger charge is 2.22. The van der Waals surface area contributed by atoms with Gasteiger partial charge in [-0.25, -0.2) is 23.1 Å². The average molecular weight is 395 g/mol. The second-order valence-corrected chi connectivity index (χ2v) is 6.22. The van der Waals surface area contributed by atoms with Crippen LogP contribution in [0.3, 0.4) is 0 Å². The maximum atomic E-state index is 14.7. The van der Waals surface area contributed by atoms with Crippen molar-refractivity contribution in [1.82, 2.24) is 19.5 Å². The number of hydrogen-bond donors (Lipinski definition) is 2. The summed E-state index contributed by atoms with van der Waals surface area (Å²) in [5, 5.41) is 9.03. The molecule has 0 saturated heterocycles. The quantitative estimate of drug-likeness (QED) is 0.515. The molecule has 0 unspecified atom stereocenters. The summed E-state index contributed by atoms with van der Waals surface area (Å²) in [5.74, 6) is -2.79. The zero-order chi connectivity index (χ0) is 20.7. The number of halogens is 3. The minimum Gasteiger partial charge on any atom is -0.399 e. The van der Waals surface area contributed by atoms with Gasteiger partial charge in [-0.2, -0.15) is 10.2 Å². The Balaban J connectivity index is 1.91. The van der Waals surface area contributed by atoms with Gasteiger partial charge in [0.2, 0.25) is 5.95 Å². The van der Waals surface area contributed by atoms with E-state index in [4.69, 9.17) is 16.7 Å². The zero-order valence-electron chi connectivity index (χ0n) is 14.7. The largest absolute Gasteiger partial charge is 0.399 e. The number of fused-ring (bicyclic) bond motifs is 1. The first-order chi connectivity index (χ1) is 13.9. The second kappa shape index (κ2) is 6.79. The highest BCUT2D eigenvalue weighted by Crippen LogP contribution is 2.32. The Bertz CT molecular complexity index is 1310. The molecule has 0 radical (unpaired) electrons. The molecule has 7 nitrogen and oxygen atoms in total. The van der Waals surface area contributed by atoms with Crippen LogP contribution < -0.4 is 11.5 Å². The van der Waals surface area contributed by atoms with Crippen LogP contribution in [-0.4, -0.2) is 19.5 Å². The number of rotatable bonds is 3. The van der Waals surface area contributed by atoms with Crippen molar-refractivity contribution in [3.63, 3.8) is 0 Å². The molecule has 0 saturated carbocycles. The number of benzene rings is 2. The number of nitrogen functional groups attached to an aromatic ring is 2. The van der Waals surface area contributed by atoms with Gasteiger partial charge in [0, 0.05) is 11.3 Å². The third-order valence-corrected chi connectivity index (χ3v) is 4.35. The van der Waals surface area contributed by atoms with E-state index in [2.05, 4.69) is 15.0 Å². The molecule has 0 aliphatic heterocycles. The van der Waals surface area contributed by atoms with Crippen molar-refractivity contribution in [3.05, 3.63) is 65.2 Å². The summed E-state index contributed by atoms with van der Waals surface area (Å²) in [6.07, 6.45) is 1.34. The van der Waals surface area contributed by atoms with Crippen molar-refractivity contribution < 1.29 is 13.2 Å². The Morgan fingerprint density at radius 3 is 2.55 bits per heavy atom. The topological polar surface area (TPSA) is 119 Å². The van der Waals surface area contributed by atoms with Gasteiger partial charge in [-0.1, -0.05) is 6.07 Å². The summed E-state index contributed by atoms with van der Waals surface area (Å²) < 4.78 is 44.7. The number of aromatic nitrogens is 4. The standard InChI is InChI=1S/C19H12F3N7/c20-12-4-2-9(6-23)15(22)14(12)16-17-18(28-19(25)27-16)29(8-26-17)7-10-1-3-11(24)5-13(10)21/h1-5,8H,7,24H2,(H2,25,27,28). The molecule has 2 aromatic carbocycles. The molecule has 144 valence electrons. The molecule has 29 heavy (non-hydrogen) atoms. The number of nitrogens with zero attached hydrogens (tertiary/aromatic N) is 5. The summed E-state index contributed by atoms with van der Waals surface area (Å²) in [6.45, 7) is 0.0295. The smallest absolute Gasteiger partial charge is 0.222 e. The Hall–Kier alpha value is -4.13. The van der Waals surface area contributed by atoms with Gasteiger partial charge in [-0.15, -0.1) is 0 Å². The molecule has 4 N–H and O–H groups in total. The lowest BCUT2D eigenvalue weighted by molar-refractivity contribution is 0.586. The molecule has 10 heteroatoms. The third kappa shape index (κ3) is 3.08. The van der Waals surface area contributed by atoms with E-state index < -0.39 is 23.0 Å². The van der Waals surface area contributed by atoms with E-state index in [1.54, 1.807) is 12.1 Å².